The molecule has 112 valence electrons. The Labute approximate surface area is 143 Å². The van der Waals surface area contributed by atoms with Crippen LogP contribution in [0, 0.1) is 0 Å². The molecule has 0 saturated carbocycles. The molecule has 0 bridgehead atoms. The smallest absolute Gasteiger partial charge is 0.0420 e. The van der Waals surface area contributed by atoms with Gasteiger partial charge in [0.25, 0.3) is 0 Å². The van der Waals surface area contributed by atoms with Crippen LogP contribution >= 0.6 is 31.9 Å². The van der Waals surface area contributed by atoms with Crippen LogP contribution in [0.5, 0.6) is 0 Å². The van der Waals surface area contributed by atoms with Gasteiger partial charge in [-0.05, 0) is 59.1 Å². The summed E-state index contributed by atoms with van der Waals surface area (Å²) in [6.45, 7) is 3.23. The van der Waals surface area contributed by atoms with Gasteiger partial charge < -0.3 is 5.32 Å². The van der Waals surface area contributed by atoms with Crippen molar-refractivity contribution in [2.45, 2.75) is 32.2 Å². The van der Waals surface area contributed by atoms with Crippen LogP contribution in [-0.4, -0.2) is 17.6 Å². The summed E-state index contributed by atoms with van der Waals surface area (Å²) in [6.07, 6.45) is 4.94. The summed E-state index contributed by atoms with van der Waals surface area (Å²) in [5.41, 5.74) is 2.46. The normalized spacial score (nSPS) is 12.3. The highest BCUT2D eigenvalue weighted by molar-refractivity contribution is 9.10. The molecule has 2 aromatic rings. The first-order chi connectivity index (χ1) is 10.2. The molecule has 1 aromatic heterocycles. The van der Waals surface area contributed by atoms with Crippen LogP contribution in [0.1, 0.15) is 24.6 Å². The van der Waals surface area contributed by atoms with E-state index in [2.05, 4.69) is 85.5 Å². The van der Waals surface area contributed by atoms with Gasteiger partial charge in [-0.2, -0.15) is 0 Å². The van der Waals surface area contributed by atoms with Crippen molar-refractivity contribution in [3.05, 3.63) is 62.8 Å². The zero-order valence-corrected chi connectivity index (χ0v) is 15.3. The molecule has 1 aromatic carbocycles. The lowest BCUT2D eigenvalue weighted by molar-refractivity contribution is 0.500. The van der Waals surface area contributed by atoms with Gasteiger partial charge in [0.15, 0.2) is 0 Å². The highest BCUT2D eigenvalue weighted by Crippen LogP contribution is 2.19. The second-order valence-corrected chi connectivity index (χ2v) is 6.89. The molecule has 0 saturated heterocycles. The van der Waals surface area contributed by atoms with Gasteiger partial charge >= 0.3 is 0 Å². The Hall–Kier alpha value is -0.710. The summed E-state index contributed by atoms with van der Waals surface area (Å²) in [5.74, 6) is 0. The largest absolute Gasteiger partial charge is 0.313 e. The number of benzene rings is 1. The van der Waals surface area contributed by atoms with Gasteiger partial charge in [-0.3, -0.25) is 4.98 Å². The molecule has 1 unspecified atom stereocenters. The first-order valence-electron chi connectivity index (χ1n) is 7.26. The fourth-order valence-electron chi connectivity index (χ4n) is 2.27. The number of pyridine rings is 1. The molecule has 1 heterocycles. The average Bonchev–Trinajstić information content (AvgIpc) is 2.49. The van der Waals surface area contributed by atoms with Gasteiger partial charge in [-0.25, -0.2) is 0 Å². The standard InChI is InChI=1S/C17H20Br2N2/c1-2-9-20-16(10-13-5-3-4-6-17(13)19)11-15-8-7-14(18)12-21-15/h3-8,12,16,20H,2,9-11H2,1H3. The molecule has 21 heavy (non-hydrogen) atoms. The van der Waals surface area contributed by atoms with Crippen molar-refractivity contribution in [1.82, 2.24) is 10.3 Å². The molecule has 0 radical (unpaired) electrons. The fourth-order valence-corrected chi connectivity index (χ4v) is 2.96. The average molecular weight is 412 g/mol. The SMILES string of the molecule is CCCNC(Cc1ccc(Br)cn1)Cc1ccccc1Br. The highest BCUT2D eigenvalue weighted by Gasteiger charge is 2.12. The Morgan fingerprint density at radius 2 is 1.90 bits per heavy atom. The van der Waals surface area contributed by atoms with Crippen LogP contribution in [0.4, 0.5) is 0 Å². The predicted octanol–water partition coefficient (Wildman–Crippen LogP) is 4.76. The van der Waals surface area contributed by atoms with Crippen molar-refractivity contribution in [2.75, 3.05) is 6.54 Å². The zero-order valence-electron chi connectivity index (χ0n) is 12.2. The Balaban J connectivity index is 2.07. The maximum atomic E-state index is 4.49. The van der Waals surface area contributed by atoms with E-state index in [4.69, 9.17) is 0 Å². The lowest BCUT2D eigenvalue weighted by atomic mass is 10.0. The van der Waals surface area contributed by atoms with Gasteiger partial charge in [0.1, 0.15) is 0 Å². The van der Waals surface area contributed by atoms with E-state index in [-0.39, 0.29) is 0 Å². The number of nitrogens with one attached hydrogen (secondary N) is 1. The van der Waals surface area contributed by atoms with Gasteiger partial charge in [-0.1, -0.05) is 41.1 Å². The first-order valence-corrected chi connectivity index (χ1v) is 8.85. The minimum Gasteiger partial charge on any atom is -0.313 e. The minimum absolute atomic E-state index is 0.400. The van der Waals surface area contributed by atoms with Crippen molar-refractivity contribution >= 4 is 31.9 Å². The third-order valence-corrected chi connectivity index (χ3v) is 4.59. The van der Waals surface area contributed by atoms with Crippen molar-refractivity contribution < 1.29 is 0 Å². The molecule has 0 spiro atoms. The van der Waals surface area contributed by atoms with E-state index in [9.17, 15) is 0 Å². The number of aromatic nitrogens is 1. The zero-order chi connectivity index (χ0) is 15.1. The number of nitrogens with zero attached hydrogens (tertiary/aromatic N) is 1. The molecule has 1 N–H and O–H groups in total. The maximum absolute atomic E-state index is 4.49. The Kier molecular flexibility index (Phi) is 6.87. The van der Waals surface area contributed by atoms with E-state index >= 15 is 0 Å². The number of hydrogen-bond donors (Lipinski definition) is 1. The Bertz CT molecular complexity index is 555. The summed E-state index contributed by atoms with van der Waals surface area (Å²) in [5, 5.41) is 3.64. The molecule has 2 nitrogen and oxygen atoms in total. The fraction of sp³-hybridized carbons (Fsp3) is 0.353. The highest BCUT2D eigenvalue weighted by atomic mass is 79.9. The first kappa shape index (κ1) is 16.7. The number of rotatable bonds is 7. The van der Waals surface area contributed by atoms with Gasteiger partial charge in [-0.15, -0.1) is 0 Å². The van der Waals surface area contributed by atoms with Crippen molar-refractivity contribution in [2.24, 2.45) is 0 Å². The summed E-state index contributed by atoms with van der Waals surface area (Å²) in [7, 11) is 0. The van der Waals surface area contributed by atoms with Gasteiger partial charge in [0, 0.05) is 33.3 Å². The van der Waals surface area contributed by atoms with Crippen LogP contribution in [0.3, 0.4) is 0 Å². The molecular weight excluding hydrogens is 392 g/mol. The van der Waals surface area contributed by atoms with Crippen LogP contribution in [0.15, 0.2) is 51.5 Å². The van der Waals surface area contributed by atoms with E-state index in [0.29, 0.717) is 6.04 Å². The number of halogens is 2. The predicted molar refractivity (Wildman–Crippen MR) is 95.6 cm³/mol. The summed E-state index contributed by atoms with van der Waals surface area (Å²) < 4.78 is 2.20. The molecule has 0 aliphatic heterocycles. The molecule has 2 rings (SSSR count). The number of hydrogen-bond acceptors (Lipinski definition) is 2. The second kappa shape index (κ2) is 8.66. The van der Waals surface area contributed by atoms with Gasteiger partial charge in [0.2, 0.25) is 0 Å². The molecule has 0 aliphatic carbocycles. The molecule has 4 heteroatoms. The van der Waals surface area contributed by atoms with E-state index in [1.165, 1.54) is 10.0 Å². The second-order valence-electron chi connectivity index (χ2n) is 5.12. The van der Waals surface area contributed by atoms with E-state index in [0.717, 1.165) is 36.0 Å². The van der Waals surface area contributed by atoms with Crippen molar-refractivity contribution in [3.8, 4) is 0 Å². The van der Waals surface area contributed by atoms with Crippen LogP contribution in [0.25, 0.3) is 0 Å². The van der Waals surface area contributed by atoms with E-state index in [1.54, 1.807) is 0 Å². The summed E-state index contributed by atoms with van der Waals surface area (Å²) >= 11 is 7.07. The quantitative estimate of drug-likeness (QED) is 0.710. The van der Waals surface area contributed by atoms with Crippen molar-refractivity contribution in [3.63, 3.8) is 0 Å². The summed E-state index contributed by atoms with van der Waals surface area (Å²) in [4.78, 5) is 4.49. The molecule has 0 aliphatic rings. The lowest BCUT2D eigenvalue weighted by Crippen LogP contribution is -2.34. The monoisotopic (exact) mass is 410 g/mol. The van der Waals surface area contributed by atoms with Crippen LogP contribution in [0.2, 0.25) is 0 Å². The molecule has 1 atom stereocenters. The molecule has 0 fully saturated rings. The van der Waals surface area contributed by atoms with Crippen LogP contribution in [-0.2, 0) is 12.8 Å². The van der Waals surface area contributed by atoms with E-state index in [1.807, 2.05) is 6.20 Å². The third kappa shape index (κ3) is 5.53. The maximum Gasteiger partial charge on any atom is 0.0420 e. The molecule has 0 amide bonds. The Morgan fingerprint density at radius 1 is 1.10 bits per heavy atom. The van der Waals surface area contributed by atoms with Gasteiger partial charge in [0.05, 0.1) is 0 Å². The minimum atomic E-state index is 0.400. The Morgan fingerprint density at radius 3 is 2.57 bits per heavy atom. The van der Waals surface area contributed by atoms with Crippen LogP contribution < -0.4 is 5.32 Å². The van der Waals surface area contributed by atoms with Crippen molar-refractivity contribution in [1.29, 1.82) is 0 Å². The van der Waals surface area contributed by atoms with E-state index < -0.39 is 0 Å². The molecular formula is C17H20Br2N2. The lowest BCUT2D eigenvalue weighted by Gasteiger charge is -2.19. The summed E-state index contributed by atoms with van der Waals surface area (Å²) in [6, 6.07) is 13.0. The third-order valence-electron chi connectivity index (χ3n) is 3.35. The topological polar surface area (TPSA) is 24.9 Å².